The normalized spacial score (nSPS) is 13.3. The molecule has 27 heavy (non-hydrogen) atoms. The fourth-order valence-electron chi connectivity index (χ4n) is 3.32. The Kier molecular flexibility index (Phi) is 8.86. The average Bonchev–Trinajstić information content (AvgIpc) is 2.57. The van der Waals surface area contributed by atoms with Crippen LogP contribution in [0, 0.1) is 11.3 Å². The minimum atomic E-state index is -0.122. The van der Waals surface area contributed by atoms with E-state index in [4.69, 9.17) is 4.74 Å². The van der Waals surface area contributed by atoms with E-state index in [1.165, 1.54) is 36.8 Å². The van der Waals surface area contributed by atoms with Gasteiger partial charge in [0.1, 0.15) is 5.75 Å². The lowest BCUT2D eigenvalue weighted by atomic mass is 9.77. The summed E-state index contributed by atoms with van der Waals surface area (Å²) in [6.45, 7) is 18.5. The monoisotopic (exact) mass is 371 g/mol. The number of nitrogens with zero attached hydrogens (tertiary/aromatic N) is 1. The van der Waals surface area contributed by atoms with Gasteiger partial charge >= 0.3 is 0 Å². The summed E-state index contributed by atoms with van der Waals surface area (Å²) in [4.78, 5) is 0. The number of hydrogen-bond acceptors (Lipinski definition) is 2. The van der Waals surface area contributed by atoms with Gasteiger partial charge in [-0.05, 0) is 29.2 Å². The maximum Gasteiger partial charge on any atom is 0.127 e. The molecule has 1 atom stereocenters. The van der Waals surface area contributed by atoms with Crippen LogP contribution < -0.4 is 4.74 Å². The van der Waals surface area contributed by atoms with Gasteiger partial charge in [0, 0.05) is 11.1 Å². The van der Waals surface area contributed by atoms with E-state index < -0.39 is 0 Å². The standard InChI is InChI=1S/C25H41NO/c1-9-11-12-13-14-15-27-23-21(19(10-2)18-26)16-20(24(3,4)5)17-22(23)25(6,7)8/h16-17,19H,9-15H2,1-8H3. The van der Waals surface area contributed by atoms with Crippen molar-refractivity contribution in [3.05, 3.63) is 28.8 Å². The molecule has 0 aliphatic heterocycles. The lowest BCUT2D eigenvalue weighted by Crippen LogP contribution is -2.20. The van der Waals surface area contributed by atoms with Crippen molar-refractivity contribution in [3.8, 4) is 11.8 Å². The smallest absolute Gasteiger partial charge is 0.127 e. The topological polar surface area (TPSA) is 33.0 Å². The summed E-state index contributed by atoms with van der Waals surface area (Å²) in [5.41, 5.74) is 3.60. The first-order chi connectivity index (χ1) is 12.6. The van der Waals surface area contributed by atoms with Gasteiger partial charge < -0.3 is 4.74 Å². The molecule has 0 saturated carbocycles. The number of unbranched alkanes of at least 4 members (excludes halogenated alkanes) is 4. The third kappa shape index (κ3) is 6.87. The van der Waals surface area contributed by atoms with Crippen molar-refractivity contribution in [2.75, 3.05) is 6.61 Å². The van der Waals surface area contributed by atoms with Crippen LogP contribution in [0.1, 0.15) is 117 Å². The Morgan fingerprint density at radius 1 is 0.926 bits per heavy atom. The Morgan fingerprint density at radius 2 is 1.56 bits per heavy atom. The van der Waals surface area contributed by atoms with Gasteiger partial charge in [0.15, 0.2) is 0 Å². The van der Waals surface area contributed by atoms with Crippen LogP contribution in [-0.4, -0.2) is 6.61 Å². The van der Waals surface area contributed by atoms with Gasteiger partial charge in [0.2, 0.25) is 0 Å². The van der Waals surface area contributed by atoms with Crippen LogP contribution in [0.2, 0.25) is 0 Å². The number of benzene rings is 1. The summed E-state index contributed by atoms with van der Waals surface area (Å²) in [7, 11) is 0. The molecular weight excluding hydrogens is 330 g/mol. The number of ether oxygens (including phenoxy) is 1. The molecule has 1 aromatic carbocycles. The molecule has 0 aliphatic carbocycles. The predicted octanol–water partition coefficient (Wildman–Crippen LogP) is 7.65. The van der Waals surface area contributed by atoms with Crippen LogP contribution in [-0.2, 0) is 10.8 Å². The predicted molar refractivity (Wildman–Crippen MR) is 117 cm³/mol. The molecule has 0 fully saturated rings. The molecule has 0 radical (unpaired) electrons. The van der Waals surface area contributed by atoms with E-state index in [0.717, 1.165) is 30.8 Å². The summed E-state index contributed by atoms with van der Waals surface area (Å²) in [5, 5.41) is 9.75. The number of rotatable bonds is 9. The van der Waals surface area contributed by atoms with Gasteiger partial charge in [0.25, 0.3) is 0 Å². The Hall–Kier alpha value is -1.49. The average molecular weight is 372 g/mol. The first-order valence-electron chi connectivity index (χ1n) is 10.8. The van der Waals surface area contributed by atoms with E-state index in [0.29, 0.717) is 0 Å². The number of nitriles is 1. The molecular formula is C25H41NO. The van der Waals surface area contributed by atoms with Gasteiger partial charge in [0.05, 0.1) is 18.6 Å². The third-order valence-corrected chi connectivity index (χ3v) is 5.23. The molecule has 0 aromatic heterocycles. The van der Waals surface area contributed by atoms with Gasteiger partial charge in [-0.25, -0.2) is 0 Å². The zero-order chi connectivity index (χ0) is 20.7. The lowest BCUT2D eigenvalue weighted by molar-refractivity contribution is 0.292. The molecule has 0 aliphatic rings. The molecule has 1 aromatic rings. The van der Waals surface area contributed by atoms with Crippen LogP contribution in [0.25, 0.3) is 0 Å². The molecule has 1 rings (SSSR count). The van der Waals surface area contributed by atoms with E-state index in [1.807, 2.05) is 0 Å². The summed E-state index contributed by atoms with van der Waals surface area (Å²) in [6.07, 6.45) is 6.92. The highest BCUT2D eigenvalue weighted by atomic mass is 16.5. The molecule has 0 N–H and O–H groups in total. The van der Waals surface area contributed by atoms with Crippen molar-refractivity contribution >= 4 is 0 Å². The van der Waals surface area contributed by atoms with E-state index in [-0.39, 0.29) is 16.7 Å². The van der Waals surface area contributed by atoms with Gasteiger partial charge in [-0.1, -0.05) is 93.2 Å². The Bertz CT molecular complexity index is 625. The largest absolute Gasteiger partial charge is 0.493 e. The molecule has 0 amide bonds. The van der Waals surface area contributed by atoms with E-state index in [1.54, 1.807) is 0 Å². The fourth-order valence-corrected chi connectivity index (χ4v) is 3.32. The maximum absolute atomic E-state index is 9.75. The van der Waals surface area contributed by atoms with Gasteiger partial charge in [-0.15, -0.1) is 0 Å². The van der Waals surface area contributed by atoms with Crippen molar-refractivity contribution in [1.29, 1.82) is 5.26 Å². The lowest BCUT2D eigenvalue weighted by Gasteiger charge is -2.30. The molecule has 0 heterocycles. The van der Waals surface area contributed by atoms with E-state index in [9.17, 15) is 5.26 Å². The molecule has 2 nitrogen and oxygen atoms in total. The summed E-state index contributed by atoms with van der Waals surface area (Å²) in [5.74, 6) is 0.836. The van der Waals surface area contributed by atoms with Gasteiger partial charge in [-0.3, -0.25) is 0 Å². The van der Waals surface area contributed by atoms with E-state index in [2.05, 4.69) is 73.6 Å². The second kappa shape index (κ2) is 10.2. The fraction of sp³-hybridized carbons (Fsp3) is 0.720. The minimum Gasteiger partial charge on any atom is -0.493 e. The molecule has 0 saturated heterocycles. The SMILES string of the molecule is CCCCCCCOc1c(C(C#N)CC)cc(C(C)(C)C)cc1C(C)(C)C. The highest BCUT2D eigenvalue weighted by Crippen LogP contribution is 2.42. The third-order valence-electron chi connectivity index (χ3n) is 5.23. The second-order valence-corrected chi connectivity index (χ2v) is 9.79. The van der Waals surface area contributed by atoms with Crippen molar-refractivity contribution in [2.45, 2.75) is 111 Å². The van der Waals surface area contributed by atoms with E-state index >= 15 is 0 Å². The summed E-state index contributed by atoms with van der Waals surface area (Å²) in [6, 6.07) is 7.03. The molecule has 2 heteroatoms. The minimum absolute atomic E-state index is 0.0265. The van der Waals surface area contributed by atoms with Crippen molar-refractivity contribution in [3.63, 3.8) is 0 Å². The molecule has 0 spiro atoms. The number of hydrogen-bond donors (Lipinski definition) is 0. The first kappa shape index (κ1) is 23.5. The van der Waals surface area contributed by atoms with Gasteiger partial charge in [-0.2, -0.15) is 5.26 Å². The highest BCUT2D eigenvalue weighted by Gasteiger charge is 2.28. The molecule has 0 bridgehead atoms. The van der Waals surface area contributed by atoms with Crippen LogP contribution in [0.3, 0.4) is 0 Å². The highest BCUT2D eigenvalue weighted by molar-refractivity contribution is 5.52. The zero-order valence-corrected chi connectivity index (χ0v) is 19.0. The first-order valence-corrected chi connectivity index (χ1v) is 10.8. The quantitative estimate of drug-likeness (QED) is 0.418. The Morgan fingerprint density at radius 3 is 2.04 bits per heavy atom. The molecule has 152 valence electrons. The van der Waals surface area contributed by atoms with Crippen LogP contribution in [0.5, 0.6) is 5.75 Å². The zero-order valence-electron chi connectivity index (χ0n) is 19.0. The molecule has 1 unspecified atom stereocenters. The van der Waals surface area contributed by atoms with Crippen molar-refractivity contribution in [1.82, 2.24) is 0 Å². The van der Waals surface area contributed by atoms with Crippen LogP contribution in [0.15, 0.2) is 12.1 Å². The summed E-state index contributed by atoms with van der Waals surface area (Å²) < 4.78 is 6.38. The maximum atomic E-state index is 9.75. The summed E-state index contributed by atoms with van der Waals surface area (Å²) >= 11 is 0. The van der Waals surface area contributed by atoms with Crippen LogP contribution in [0.4, 0.5) is 0 Å². The second-order valence-electron chi connectivity index (χ2n) is 9.79. The Labute approximate surface area is 168 Å². The van der Waals surface area contributed by atoms with Crippen LogP contribution >= 0.6 is 0 Å². The van der Waals surface area contributed by atoms with Crippen molar-refractivity contribution < 1.29 is 4.74 Å². The van der Waals surface area contributed by atoms with Crippen molar-refractivity contribution in [2.24, 2.45) is 0 Å². The Balaban J connectivity index is 3.32.